The summed E-state index contributed by atoms with van der Waals surface area (Å²) in [5.41, 5.74) is 0. The summed E-state index contributed by atoms with van der Waals surface area (Å²) in [4.78, 5) is 13.7. The Hall–Kier alpha value is -0.690. The smallest absolute Gasteiger partial charge is 0.322 e. The molecule has 0 radical (unpaired) electrons. The van der Waals surface area contributed by atoms with E-state index in [4.69, 9.17) is 14.2 Å². The predicted octanol–water partition coefficient (Wildman–Crippen LogP) is -0.517. The van der Waals surface area contributed by atoms with E-state index >= 15 is 0 Å². The van der Waals surface area contributed by atoms with Crippen molar-refractivity contribution in [1.29, 1.82) is 0 Å². The number of carbonyl (C=O) groups excluding carboxylic acids is 1. The van der Waals surface area contributed by atoms with Gasteiger partial charge in [-0.3, -0.25) is 9.69 Å². The molecule has 0 aliphatic carbocycles. The molecule has 0 saturated carbocycles. The highest BCUT2D eigenvalue weighted by molar-refractivity contribution is 5.75. The van der Waals surface area contributed by atoms with Gasteiger partial charge < -0.3 is 19.5 Å². The lowest BCUT2D eigenvalue weighted by atomic mass is 10.2. The molecule has 6 heteroatoms. The highest BCUT2D eigenvalue weighted by atomic mass is 16.5. The van der Waals surface area contributed by atoms with E-state index in [1.165, 1.54) is 7.11 Å². The molecule has 0 aromatic heterocycles. The molecule has 1 aliphatic rings. The van der Waals surface area contributed by atoms with E-state index in [1.54, 1.807) is 21.3 Å². The van der Waals surface area contributed by atoms with E-state index in [1.807, 2.05) is 0 Å². The number of carbonyl (C=O) groups is 1. The van der Waals surface area contributed by atoms with Crippen LogP contribution in [0.1, 0.15) is 6.42 Å². The number of methoxy groups -OCH3 is 3. The molecule has 1 N–H and O–H groups in total. The van der Waals surface area contributed by atoms with Gasteiger partial charge >= 0.3 is 5.97 Å². The predicted molar refractivity (Wildman–Crippen MR) is 67.5 cm³/mol. The number of nitrogens with one attached hydrogen (secondary N) is 1. The monoisotopic (exact) mass is 260 g/mol. The average Bonchev–Trinajstić information content (AvgIpc) is 2.81. The highest BCUT2D eigenvalue weighted by Crippen LogP contribution is 2.16. The number of nitrogens with zero attached hydrogens (tertiary/aromatic N) is 1. The minimum absolute atomic E-state index is 0.112. The lowest BCUT2D eigenvalue weighted by Crippen LogP contribution is -2.38. The summed E-state index contributed by atoms with van der Waals surface area (Å²) in [6.07, 6.45) is 0.943. The highest BCUT2D eigenvalue weighted by Gasteiger charge is 2.33. The van der Waals surface area contributed by atoms with Crippen LogP contribution in [0.4, 0.5) is 0 Å². The van der Waals surface area contributed by atoms with Crippen molar-refractivity contribution in [1.82, 2.24) is 10.2 Å². The Morgan fingerprint density at radius 2 is 1.83 bits per heavy atom. The Bertz CT molecular complexity index is 250. The van der Waals surface area contributed by atoms with Gasteiger partial charge in [0.2, 0.25) is 0 Å². The maximum absolute atomic E-state index is 11.4. The van der Waals surface area contributed by atoms with E-state index in [-0.39, 0.29) is 24.2 Å². The van der Waals surface area contributed by atoms with Crippen molar-refractivity contribution in [3.8, 4) is 0 Å². The maximum Gasteiger partial charge on any atom is 0.322 e. The van der Waals surface area contributed by atoms with Crippen molar-refractivity contribution in [2.75, 3.05) is 48.0 Å². The van der Waals surface area contributed by atoms with E-state index in [9.17, 15) is 4.79 Å². The van der Waals surface area contributed by atoms with Crippen LogP contribution in [0, 0.1) is 0 Å². The molecule has 0 spiro atoms. The van der Waals surface area contributed by atoms with Gasteiger partial charge in [0.25, 0.3) is 0 Å². The molecule has 6 nitrogen and oxygen atoms in total. The molecule has 1 rings (SSSR count). The van der Waals surface area contributed by atoms with Crippen molar-refractivity contribution in [3.05, 3.63) is 0 Å². The quantitative estimate of drug-likeness (QED) is 0.622. The summed E-state index contributed by atoms with van der Waals surface area (Å²) < 4.78 is 15.5. The zero-order valence-corrected chi connectivity index (χ0v) is 11.6. The number of likely N-dealkylation sites (N-methyl/N-ethyl adjacent to an activating group) is 1. The molecule has 0 bridgehead atoms. The molecule has 18 heavy (non-hydrogen) atoms. The third kappa shape index (κ3) is 3.91. The Kier molecular flexibility index (Phi) is 6.56. The van der Waals surface area contributed by atoms with Gasteiger partial charge in [0.15, 0.2) is 0 Å². The lowest BCUT2D eigenvalue weighted by molar-refractivity contribution is -0.143. The summed E-state index contributed by atoms with van der Waals surface area (Å²) in [6, 6.07) is -0.252. The van der Waals surface area contributed by atoms with Crippen molar-refractivity contribution in [2.45, 2.75) is 24.7 Å². The second-order valence-corrected chi connectivity index (χ2v) is 4.46. The fraction of sp³-hybridized carbons (Fsp3) is 0.917. The SMILES string of the molecule is CNC(CCN1CC(OC)C(OC)C1)C(=O)OC. The van der Waals surface area contributed by atoms with Gasteiger partial charge in [0, 0.05) is 33.9 Å². The van der Waals surface area contributed by atoms with Crippen LogP contribution in [0.2, 0.25) is 0 Å². The molecule has 0 amide bonds. The first-order valence-corrected chi connectivity index (χ1v) is 6.19. The standard InChI is InChI=1S/C12H24N2O4/c1-13-9(12(15)18-4)5-6-14-7-10(16-2)11(8-14)17-3/h9-11,13H,5-8H2,1-4H3. The maximum atomic E-state index is 11.4. The number of esters is 1. The molecule has 1 heterocycles. The molecule has 0 aromatic carbocycles. The minimum Gasteiger partial charge on any atom is -0.468 e. The van der Waals surface area contributed by atoms with Crippen LogP contribution in [-0.2, 0) is 19.0 Å². The number of hydrogen-bond donors (Lipinski definition) is 1. The molecular weight excluding hydrogens is 236 g/mol. The summed E-state index contributed by atoms with van der Waals surface area (Å²) in [7, 11) is 6.57. The van der Waals surface area contributed by atoms with E-state index < -0.39 is 0 Å². The first-order chi connectivity index (χ1) is 8.65. The Morgan fingerprint density at radius 3 is 2.22 bits per heavy atom. The fourth-order valence-corrected chi connectivity index (χ4v) is 2.29. The van der Waals surface area contributed by atoms with Gasteiger partial charge in [0.05, 0.1) is 19.3 Å². The van der Waals surface area contributed by atoms with Crippen molar-refractivity contribution >= 4 is 5.97 Å². The van der Waals surface area contributed by atoms with E-state index in [2.05, 4.69) is 10.2 Å². The van der Waals surface area contributed by atoms with Gasteiger partial charge in [-0.1, -0.05) is 0 Å². The number of rotatable bonds is 7. The van der Waals surface area contributed by atoms with Gasteiger partial charge in [-0.15, -0.1) is 0 Å². The van der Waals surface area contributed by atoms with Crippen LogP contribution in [0.5, 0.6) is 0 Å². The number of hydrogen-bond acceptors (Lipinski definition) is 6. The largest absolute Gasteiger partial charge is 0.468 e. The molecule has 1 saturated heterocycles. The molecule has 1 aliphatic heterocycles. The Labute approximate surface area is 109 Å². The van der Waals surface area contributed by atoms with Crippen LogP contribution in [-0.4, -0.2) is 77.1 Å². The van der Waals surface area contributed by atoms with Crippen LogP contribution >= 0.6 is 0 Å². The molecule has 3 unspecified atom stereocenters. The summed E-state index contributed by atoms with van der Waals surface area (Å²) in [5.74, 6) is -0.219. The number of likely N-dealkylation sites (tertiary alicyclic amines) is 1. The van der Waals surface area contributed by atoms with Gasteiger partial charge in [-0.2, -0.15) is 0 Å². The van der Waals surface area contributed by atoms with Crippen LogP contribution < -0.4 is 5.32 Å². The number of ether oxygens (including phenoxy) is 3. The molecule has 106 valence electrons. The summed E-state index contributed by atoms with van der Waals surface area (Å²) >= 11 is 0. The van der Waals surface area contributed by atoms with Crippen LogP contribution in [0.15, 0.2) is 0 Å². The third-order valence-electron chi connectivity index (χ3n) is 3.46. The molecule has 1 fully saturated rings. The average molecular weight is 260 g/mol. The topological polar surface area (TPSA) is 60.0 Å². The Morgan fingerprint density at radius 1 is 1.28 bits per heavy atom. The lowest BCUT2D eigenvalue weighted by Gasteiger charge is -2.19. The second kappa shape index (κ2) is 7.68. The van der Waals surface area contributed by atoms with Gasteiger partial charge in [-0.05, 0) is 13.5 Å². The molecular formula is C12H24N2O4. The van der Waals surface area contributed by atoms with Gasteiger partial charge in [0.1, 0.15) is 6.04 Å². The Balaban J connectivity index is 2.38. The zero-order valence-electron chi connectivity index (χ0n) is 11.6. The van der Waals surface area contributed by atoms with E-state index in [0.717, 1.165) is 26.1 Å². The first-order valence-electron chi connectivity index (χ1n) is 6.19. The molecule has 3 atom stereocenters. The van der Waals surface area contributed by atoms with Crippen LogP contribution in [0.3, 0.4) is 0 Å². The molecule has 0 aromatic rings. The first kappa shape index (κ1) is 15.4. The van der Waals surface area contributed by atoms with Crippen molar-refractivity contribution in [2.24, 2.45) is 0 Å². The van der Waals surface area contributed by atoms with Crippen molar-refractivity contribution in [3.63, 3.8) is 0 Å². The van der Waals surface area contributed by atoms with Crippen LogP contribution in [0.25, 0.3) is 0 Å². The second-order valence-electron chi connectivity index (χ2n) is 4.46. The normalized spacial score (nSPS) is 26.2. The van der Waals surface area contributed by atoms with Crippen molar-refractivity contribution < 1.29 is 19.0 Å². The fourth-order valence-electron chi connectivity index (χ4n) is 2.29. The zero-order chi connectivity index (χ0) is 13.5. The summed E-state index contributed by atoms with van der Waals surface area (Å²) in [6.45, 7) is 2.50. The summed E-state index contributed by atoms with van der Waals surface area (Å²) in [5, 5.41) is 2.96. The third-order valence-corrected chi connectivity index (χ3v) is 3.46. The minimum atomic E-state index is -0.252. The van der Waals surface area contributed by atoms with E-state index in [0.29, 0.717) is 0 Å². The van der Waals surface area contributed by atoms with Gasteiger partial charge in [-0.25, -0.2) is 0 Å².